The Labute approximate surface area is 271 Å². The summed E-state index contributed by atoms with van der Waals surface area (Å²) in [4.78, 5) is 19.4. The molecule has 5 rings (SSSR count). The van der Waals surface area contributed by atoms with Gasteiger partial charge in [0.2, 0.25) is 5.90 Å². The van der Waals surface area contributed by atoms with E-state index in [1.165, 1.54) is 12.1 Å². The number of carbonyl (C=O) groups excluding carboxylic acids is 1. The Morgan fingerprint density at radius 2 is 1.69 bits per heavy atom. The molecule has 0 unspecified atom stereocenters. The minimum absolute atomic E-state index is 0.0286. The average Bonchev–Trinajstić information content (AvgIpc) is 3.45. The minimum atomic E-state index is -3.77. The second-order valence-corrected chi connectivity index (χ2v) is 14.3. The Morgan fingerprint density at radius 3 is 2.38 bits per heavy atom. The molecule has 10 nitrogen and oxygen atoms in total. The van der Waals surface area contributed by atoms with Crippen LogP contribution in [-0.2, 0) is 19.4 Å². The van der Waals surface area contributed by atoms with Gasteiger partial charge in [0, 0.05) is 41.1 Å². The number of carbonyl (C=O) groups is 1. The van der Waals surface area contributed by atoms with E-state index in [4.69, 9.17) is 19.6 Å². The van der Waals surface area contributed by atoms with E-state index in [0.717, 1.165) is 0 Å². The lowest BCUT2D eigenvalue weighted by molar-refractivity contribution is -0.130. The van der Waals surface area contributed by atoms with Crippen molar-refractivity contribution in [1.29, 1.82) is 0 Å². The zero-order valence-corrected chi connectivity index (χ0v) is 27.2. The second-order valence-electron chi connectivity index (χ2n) is 11.3. The summed E-state index contributed by atoms with van der Waals surface area (Å²) in [5.41, 5.74) is 5.55. The molecule has 2 aliphatic rings. The Balaban J connectivity index is 1.51. The van der Waals surface area contributed by atoms with Crippen molar-refractivity contribution in [2.24, 2.45) is 4.99 Å². The molecule has 12 heteroatoms. The first kappa shape index (κ1) is 33.1. The molecule has 1 heterocycles. The highest BCUT2D eigenvalue weighted by atomic mass is 79.9. The number of ether oxygens (including phenoxy) is 2. The van der Waals surface area contributed by atoms with Crippen molar-refractivity contribution < 1.29 is 32.9 Å². The number of hydrogen-bond donors (Lipinski definition) is 4. The van der Waals surface area contributed by atoms with Gasteiger partial charge in [0.1, 0.15) is 5.75 Å². The summed E-state index contributed by atoms with van der Waals surface area (Å²) in [5, 5.41) is 19.0. The number of nitrogens with one attached hydrogen (secondary N) is 2. The highest BCUT2D eigenvalue weighted by Crippen LogP contribution is 2.45. The fourth-order valence-electron chi connectivity index (χ4n) is 5.57. The predicted octanol–water partition coefficient (Wildman–Crippen LogP) is 4.26. The van der Waals surface area contributed by atoms with E-state index in [1.54, 1.807) is 42.5 Å². The van der Waals surface area contributed by atoms with Crippen LogP contribution in [0, 0.1) is 0 Å². The summed E-state index contributed by atoms with van der Waals surface area (Å²) in [6.45, 7) is 0.393. The molecule has 0 radical (unpaired) electrons. The number of aliphatic hydroxyl groups excluding tert-OH is 2. The maximum absolute atomic E-state index is 14.3. The lowest BCUT2D eigenvalue weighted by atomic mass is 9.85. The van der Waals surface area contributed by atoms with Crippen LogP contribution in [0.3, 0.4) is 0 Å². The van der Waals surface area contributed by atoms with Crippen LogP contribution in [0.1, 0.15) is 55.8 Å². The van der Waals surface area contributed by atoms with Gasteiger partial charge in [0.15, 0.2) is 21.5 Å². The number of sulfone groups is 1. The van der Waals surface area contributed by atoms with E-state index in [9.17, 15) is 18.3 Å². The smallest absolute Gasteiger partial charge is 0.266 e. The highest BCUT2D eigenvalue weighted by Gasteiger charge is 2.54. The summed E-state index contributed by atoms with van der Waals surface area (Å²) < 4.78 is 39.8. The summed E-state index contributed by atoms with van der Waals surface area (Å²) in [6.07, 6.45) is 1.66. The third-order valence-corrected chi connectivity index (χ3v) is 10.6. The number of hydrogen-bond acceptors (Lipinski definition) is 9. The molecule has 1 saturated carbocycles. The van der Waals surface area contributed by atoms with Crippen molar-refractivity contribution in [1.82, 2.24) is 10.9 Å². The van der Waals surface area contributed by atoms with Crippen LogP contribution in [0.15, 0.2) is 93.2 Å². The number of benzene rings is 3. The first-order valence-corrected chi connectivity index (χ1v) is 17.5. The van der Waals surface area contributed by atoms with Gasteiger partial charge >= 0.3 is 0 Å². The Morgan fingerprint density at radius 1 is 1.00 bits per heavy atom. The molecule has 1 aliphatic carbocycles. The van der Waals surface area contributed by atoms with Crippen LogP contribution >= 0.6 is 15.9 Å². The Bertz CT molecular complexity index is 1580. The van der Waals surface area contributed by atoms with Crippen molar-refractivity contribution in [3.8, 4) is 5.75 Å². The molecule has 0 spiro atoms. The molecule has 0 bridgehead atoms. The average molecular weight is 701 g/mol. The second kappa shape index (κ2) is 14.9. The largest absolute Gasteiger partial charge is 0.494 e. The molecule has 2 atom stereocenters. The van der Waals surface area contributed by atoms with Gasteiger partial charge < -0.3 is 19.7 Å². The molecular weight excluding hydrogens is 662 g/mol. The number of hydrazine groups is 1. The number of rotatable bonds is 13. The van der Waals surface area contributed by atoms with Gasteiger partial charge in [0.05, 0.1) is 23.4 Å². The zero-order chi connectivity index (χ0) is 31.9. The SMILES string of the molecule is O=C(NNC1CCC(O)CC1)[C@@]1(CCS(=O)(=O)c2ccccc2)N=C(c2ccc(OCCCO)cc2)O[C@H]1c1ccccc1Br. The van der Waals surface area contributed by atoms with Gasteiger partial charge in [-0.25, -0.2) is 18.8 Å². The normalized spacial score (nSPS) is 23.2. The van der Waals surface area contributed by atoms with Crippen molar-refractivity contribution in [3.05, 3.63) is 94.5 Å². The molecule has 45 heavy (non-hydrogen) atoms. The maximum Gasteiger partial charge on any atom is 0.266 e. The molecule has 3 aromatic carbocycles. The Hall–Kier alpha value is -3.29. The van der Waals surface area contributed by atoms with E-state index in [0.29, 0.717) is 60.1 Å². The van der Waals surface area contributed by atoms with Gasteiger partial charge in [-0.15, -0.1) is 0 Å². The monoisotopic (exact) mass is 699 g/mol. The van der Waals surface area contributed by atoms with Crippen molar-refractivity contribution in [2.45, 2.75) is 67.2 Å². The fourth-order valence-corrected chi connectivity index (χ4v) is 7.45. The van der Waals surface area contributed by atoms with Crippen LogP contribution in [-0.4, -0.2) is 67.1 Å². The van der Waals surface area contributed by atoms with E-state index >= 15 is 0 Å². The van der Waals surface area contributed by atoms with Crippen LogP contribution in [0.25, 0.3) is 0 Å². The third kappa shape index (κ3) is 7.93. The van der Waals surface area contributed by atoms with Crippen LogP contribution < -0.4 is 15.6 Å². The van der Waals surface area contributed by atoms with E-state index in [2.05, 4.69) is 26.8 Å². The van der Waals surface area contributed by atoms with E-state index < -0.39 is 27.4 Å². The maximum atomic E-state index is 14.3. The van der Waals surface area contributed by atoms with Gasteiger partial charge in [-0.1, -0.05) is 52.3 Å². The minimum Gasteiger partial charge on any atom is -0.494 e. The first-order chi connectivity index (χ1) is 21.7. The lowest BCUT2D eigenvalue weighted by Gasteiger charge is -2.33. The number of aliphatic imine (C=N–C) groups is 1. The van der Waals surface area contributed by atoms with Gasteiger partial charge in [0.25, 0.3) is 5.91 Å². The van der Waals surface area contributed by atoms with E-state index in [-0.39, 0.29) is 41.7 Å². The quantitative estimate of drug-likeness (QED) is 0.153. The number of aliphatic hydroxyl groups is 2. The van der Waals surface area contributed by atoms with Crippen LogP contribution in [0.5, 0.6) is 5.75 Å². The summed E-state index contributed by atoms with van der Waals surface area (Å²) >= 11 is 3.60. The third-order valence-electron chi connectivity index (χ3n) is 8.16. The molecule has 240 valence electrons. The topological polar surface area (TPSA) is 147 Å². The molecule has 1 amide bonds. The van der Waals surface area contributed by atoms with Crippen LogP contribution in [0.2, 0.25) is 0 Å². The molecular formula is C33H38BrN3O7S. The van der Waals surface area contributed by atoms with Crippen LogP contribution in [0.4, 0.5) is 0 Å². The van der Waals surface area contributed by atoms with Crippen molar-refractivity contribution in [3.63, 3.8) is 0 Å². The number of nitrogens with zero attached hydrogens (tertiary/aromatic N) is 1. The summed E-state index contributed by atoms with van der Waals surface area (Å²) in [7, 11) is -3.77. The molecule has 1 fully saturated rings. The standard InChI is InChI=1S/C33H38BrN3O7S/c34-29-10-5-4-9-28(29)30-33(19-22-45(41,42)27-7-2-1-3-8-27,32(40)37-36-24-13-15-25(39)16-14-24)35-31(44-30)23-11-17-26(18-12-23)43-21-6-20-38/h1-5,7-12,17-18,24-25,30,36,38-39H,6,13-16,19-22H2,(H,37,40)/t24?,25?,30-,33-/m0/s1. The molecule has 3 aromatic rings. The van der Waals surface area contributed by atoms with Crippen molar-refractivity contribution >= 4 is 37.6 Å². The Kier molecular flexibility index (Phi) is 10.9. The summed E-state index contributed by atoms with van der Waals surface area (Å²) in [6, 6.07) is 22.5. The zero-order valence-electron chi connectivity index (χ0n) is 24.8. The van der Waals surface area contributed by atoms with Gasteiger partial charge in [-0.05, 0) is 68.1 Å². The van der Waals surface area contributed by atoms with Crippen molar-refractivity contribution in [2.75, 3.05) is 19.0 Å². The fraction of sp³-hybridized carbons (Fsp3) is 0.394. The highest BCUT2D eigenvalue weighted by molar-refractivity contribution is 9.10. The number of halogens is 1. The summed E-state index contributed by atoms with van der Waals surface area (Å²) in [5.74, 6) is -0.0612. The molecule has 0 aromatic heterocycles. The predicted molar refractivity (Wildman–Crippen MR) is 174 cm³/mol. The van der Waals surface area contributed by atoms with E-state index in [1.807, 2.05) is 24.3 Å². The molecule has 0 saturated heterocycles. The molecule has 4 N–H and O–H groups in total. The molecule has 1 aliphatic heterocycles. The lowest BCUT2D eigenvalue weighted by Crippen LogP contribution is -2.56. The number of amides is 1. The van der Waals surface area contributed by atoms with Gasteiger partial charge in [-0.3, -0.25) is 10.2 Å². The first-order valence-electron chi connectivity index (χ1n) is 15.1. The van der Waals surface area contributed by atoms with Gasteiger partial charge in [-0.2, -0.15) is 0 Å².